The number of benzene rings is 2. The van der Waals surface area contributed by atoms with Crippen LogP contribution in [-0.4, -0.2) is 11.9 Å². The molecule has 3 nitrogen and oxygen atoms in total. The average Bonchev–Trinajstić information content (AvgIpc) is 2.41. The summed E-state index contributed by atoms with van der Waals surface area (Å²) in [5.74, 6) is 1.20. The monoisotopic (exact) mass is 272 g/mol. The van der Waals surface area contributed by atoms with Crippen LogP contribution < -0.4 is 4.65 Å². The maximum atomic E-state index is 9.79. The number of hydrogen-bond acceptors (Lipinski definition) is 3. The topological polar surface area (TPSA) is 38.7 Å². The summed E-state index contributed by atoms with van der Waals surface area (Å²) in [6, 6.07) is 13.4. The number of aromatic hydroxyl groups is 1. The van der Waals surface area contributed by atoms with Gasteiger partial charge in [-0.25, -0.2) is 0 Å². The van der Waals surface area contributed by atoms with Gasteiger partial charge in [0.2, 0.25) is 0 Å². The first-order valence-electron chi connectivity index (χ1n) is 6.15. The summed E-state index contributed by atoms with van der Waals surface area (Å²) >= 11 is 0. The first-order chi connectivity index (χ1) is 9.22. The molecule has 0 saturated heterocycles. The van der Waals surface area contributed by atoms with Crippen molar-refractivity contribution in [2.45, 2.75) is 13.0 Å². The minimum absolute atomic E-state index is 0.267. The highest BCUT2D eigenvalue weighted by Crippen LogP contribution is 2.29. The van der Waals surface area contributed by atoms with E-state index in [4.69, 9.17) is 9.31 Å². The zero-order chi connectivity index (χ0) is 13.2. The molecule has 19 heavy (non-hydrogen) atoms. The molecule has 5 heteroatoms. The molecule has 1 heterocycles. The second-order valence-electron chi connectivity index (χ2n) is 4.54. The van der Waals surface area contributed by atoms with Crippen LogP contribution in [-0.2, 0) is 17.7 Å². The molecule has 0 radical (unpaired) electrons. The van der Waals surface area contributed by atoms with Crippen LogP contribution in [0.5, 0.6) is 11.5 Å². The molecule has 3 rings (SSSR count). The Morgan fingerprint density at radius 3 is 2.89 bits per heavy atom. The number of phenolic OH excluding ortho intramolecular Hbond substituents is 1. The van der Waals surface area contributed by atoms with Gasteiger partial charge in [0.15, 0.2) is 0 Å². The Balaban J connectivity index is 1.85. The van der Waals surface area contributed by atoms with E-state index < -0.39 is 0 Å². The molecule has 1 N–H and O–H groups in total. The number of para-hydroxylation sites is 1. The summed E-state index contributed by atoms with van der Waals surface area (Å²) in [5.41, 5.74) is 3.10. The highest BCUT2D eigenvalue weighted by Gasteiger charge is 2.21. The van der Waals surface area contributed by atoms with Gasteiger partial charge in [-0.3, -0.25) is 0 Å². The molecular weight excluding hydrogens is 258 g/mol. The highest BCUT2D eigenvalue weighted by atomic mass is 31.0. The minimum atomic E-state index is -0.267. The zero-order valence-corrected chi connectivity index (χ0v) is 11.5. The predicted octanol–water partition coefficient (Wildman–Crippen LogP) is 2.75. The normalized spacial score (nSPS) is 13.8. The van der Waals surface area contributed by atoms with E-state index in [2.05, 4.69) is 15.2 Å². The van der Waals surface area contributed by atoms with Crippen molar-refractivity contribution >= 4 is 16.0 Å². The summed E-state index contributed by atoms with van der Waals surface area (Å²) in [4.78, 5) is 0. The Bertz CT molecular complexity index is 603. The fourth-order valence-corrected chi connectivity index (χ4v) is 2.42. The number of rotatable bonds is 2. The van der Waals surface area contributed by atoms with E-state index in [1.54, 1.807) is 6.07 Å². The van der Waals surface area contributed by atoms with E-state index in [1.165, 1.54) is 0 Å². The lowest BCUT2D eigenvalue weighted by molar-refractivity contribution is 0.245. The molecule has 1 aliphatic rings. The Hall–Kier alpha value is -1.51. The fourth-order valence-electron chi connectivity index (χ4n) is 2.18. The molecule has 0 spiro atoms. The molecule has 0 aliphatic carbocycles. The van der Waals surface area contributed by atoms with E-state index >= 15 is 0 Å². The van der Waals surface area contributed by atoms with Crippen molar-refractivity contribution < 1.29 is 14.4 Å². The third-order valence-electron chi connectivity index (χ3n) is 3.16. The Morgan fingerprint density at radius 2 is 2.05 bits per heavy atom. The van der Waals surface area contributed by atoms with Crippen molar-refractivity contribution in [2.75, 3.05) is 0 Å². The summed E-state index contributed by atoms with van der Waals surface area (Å²) < 4.78 is 11.0. The van der Waals surface area contributed by atoms with Gasteiger partial charge in [-0.05, 0) is 29.3 Å². The summed E-state index contributed by atoms with van der Waals surface area (Å²) in [7, 11) is 2.50. The first kappa shape index (κ1) is 12.5. The molecule has 0 aromatic heterocycles. The van der Waals surface area contributed by atoms with E-state index in [-0.39, 0.29) is 6.84 Å². The SMILES string of the molecule is Oc1ccccc1Cc1ccc2c(c1)COB(P)O2. The molecule has 1 atom stereocenters. The summed E-state index contributed by atoms with van der Waals surface area (Å²) in [6.45, 7) is 0.287. The van der Waals surface area contributed by atoms with E-state index in [0.29, 0.717) is 18.8 Å². The van der Waals surface area contributed by atoms with Gasteiger partial charge in [-0.1, -0.05) is 33.4 Å². The van der Waals surface area contributed by atoms with Crippen LogP contribution >= 0.6 is 9.12 Å². The summed E-state index contributed by atoms with van der Waals surface area (Å²) in [6.07, 6.45) is 0.699. The second-order valence-corrected chi connectivity index (χ2v) is 5.09. The van der Waals surface area contributed by atoms with Gasteiger partial charge in [-0.15, -0.1) is 0 Å². The largest absolute Gasteiger partial charge is 0.546 e. The fraction of sp³-hybridized carbons (Fsp3) is 0.143. The molecule has 0 amide bonds. The van der Waals surface area contributed by atoms with E-state index in [1.807, 2.05) is 30.3 Å². The van der Waals surface area contributed by atoms with E-state index in [0.717, 1.165) is 22.4 Å². The van der Waals surface area contributed by atoms with E-state index in [9.17, 15) is 5.11 Å². The first-order valence-corrected chi connectivity index (χ1v) is 6.81. The van der Waals surface area contributed by atoms with Crippen LogP contribution in [0, 0.1) is 0 Å². The zero-order valence-electron chi connectivity index (χ0n) is 10.4. The molecule has 96 valence electrons. The molecule has 0 bridgehead atoms. The highest BCUT2D eigenvalue weighted by molar-refractivity contribution is 7.58. The Morgan fingerprint density at radius 1 is 1.21 bits per heavy atom. The predicted molar refractivity (Wildman–Crippen MR) is 78.2 cm³/mol. The number of fused-ring (bicyclic) bond motifs is 1. The third kappa shape index (κ3) is 2.75. The second kappa shape index (κ2) is 5.24. The van der Waals surface area contributed by atoms with Gasteiger partial charge in [0, 0.05) is 12.0 Å². The molecule has 1 unspecified atom stereocenters. The standard InChI is InChI=1S/C14H14BO3P/c16-13-4-2-1-3-11(13)7-10-5-6-14-12(8-10)9-17-15(19)18-14/h1-6,8,16H,7,9,19H2. The Kier molecular flexibility index (Phi) is 3.45. The maximum Gasteiger partial charge on any atom is 0.546 e. The third-order valence-corrected chi connectivity index (χ3v) is 3.49. The van der Waals surface area contributed by atoms with Gasteiger partial charge in [0.25, 0.3) is 0 Å². The number of hydrogen-bond donors (Lipinski definition) is 1. The summed E-state index contributed by atoms with van der Waals surface area (Å²) in [5, 5.41) is 9.79. The van der Waals surface area contributed by atoms with Crippen molar-refractivity contribution in [1.29, 1.82) is 0 Å². The lowest BCUT2D eigenvalue weighted by Crippen LogP contribution is -2.24. The lowest BCUT2D eigenvalue weighted by Gasteiger charge is -2.22. The van der Waals surface area contributed by atoms with Gasteiger partial charge in [0.1, 0.15) is 11.5 Å². The molecule has 0 fully saturated rings. The smallest absolute Gasteiger partial charge is 0.532 e. The quantitative estimate of drug-likeness (QED) is 0.674. The van der Waals surface area contributed by atoms with Crippen molar-refractivity contribution in [3.05, 3.63) is 59.2 Å². The number of phenols is 1. The maximum absolute atomic E-state index is 9.79. The van der Waals surface area contributed by atoms with Gasteiger partial charge < -0.3 is 14.4 Å². The van der Waals surface area contributed by atoms with Crippen LogP contribution in [0.25, 0.3) is 0 Å². The van der Waals surface area contributed by atoms with Crippen LogP contribution in [0.4, 0.5) is 0 Å². The van der Waals surface area contributed by atoms with Crippen LogP contribution in [0.2, 0.25) is 0 Å². The van der Waals surface area contributed by atoms with Crippen molar-refractivity contribution in [3.63, 3.8) is 0 Å². The molecule has 2 aromatic carbocycles. The van der Waals surface area contributed by atoms with Crippen LogP contribution in [0.1, 0.15) is 16.7 Å². The lowest BCUT2D eigenvalue weighted by atomic mass is 10.0. The van der Waals surface area contributed by atoms with Gasteiger partial charge in [-0.2, -0.15) is 0 Å². The molecular formula is C14H14BO3P. The van der Waals surface area contributed by atoms with Gasteiger partial charge >= 0.3 is 6.84 Å². The minimum Gasteiger partial charge on any atom is -0.532 e. The molecule has 2 aromatic rings. The molecule has 1 aliphatic heterocycles. The Labute approximate surface area is 114 Å². The van der Waals surface area contributed by atoms with Crippen molar-refractivity contribution in [2.24, 2.45) is 0 Å². The van der Waals surface area contributed by atoms with Crippen molar-refractivity contribution in [3.8, 4) is 11.5 Å². The average molecular weight is 272 g/mol. The van der Waals surface area contributed by atoms with Crippen LogP contribution in [0.3, 0.4) is 0 Å². The molecule has 0 saturated carbocycles. The van der Waals surface area contributed by atoms with Crippen molar-refractivity contribution in [1.82, 2.24) is 0 Å². The van der Waals surface area contributed by atoms with Gasteiger partial charge in [0.05, 0.1) is 6.61 Å². The van der Waals surface area contributed by atoms with Crippen LogP contribution in [0.15, 0.2) is 42.5 Å².